The van der Waals surface area contributed by atoms with Gasteiger partial charge in [-0.25, -0.2) is 0 Å². The van der Waals surface area contributed by atoms with Crippen LogP contribution in [0.3, 0.4) is 0 Å². The average Bonchev–Trinajstić information content (AvgIpc) is 2.48. The third-order valence-corrected chi connectivity index (χ3v) is 4.34. The SMILES string of the molecule is NC(=S)c1ccc(CNC(=O)c2ccc(Br)c(Cl)c2)cc1. The van der Waals surface area contributed by atoms with E-state index < -0.39 is 0 Å². The van der Waals surface area contributed by atoms with Crippen LogP contribution in [0.4, 0.5) is 0 Å². The first kappa shape index (κ1) is 15.9. The van der Waals surface area contributed by atoms with E-state index in [0.29, 0.717) is 22.1 Å². The lowest BCUT2D eigenvalue weighted by molar-refractivity contribution is 0.0951. The molecular formula is C15H12BrClN2OS. The van der Waals surface area contributed by atoms with Gasteiger partial charge >= 0.3 is 0 Å². The van der Waals surface area contributed by atoms with Crippen molar-refractivity contribution in [2.45, 2.75) is 6.54 Å². The number of hydrogen-bond donors (Lipinski definition) is 2. The normalized spacial score (nSPS) is 10.2. The van der Waals surface area contributed by atoms with Gasteiger partial charge in [0.25, 0.3) is 5.91 Å². The van der Waals surface area contributed by atoms with Crippen LogP contribution in [0.15, 0.2) is 46.9 Å². The van der Waals surface area contributed by atoms with E-state index in [1.807, 2.05) is 24.3 Å². The third kappa shape index (κ3) is 4.27. The van der Waals surface area contributed by atoms with Gasteiger partial charge in [0.05, 0.1) is 5.02 Å². The number of thiocarbonyl (C=S) groups is 1. The zero-order valence-corrected chi connectivity index (χ0v) is 14.1. The van der Waals surface area contributed by atoms with E-state index in [1.54, 1.807) is 18.2 Å². The Kier molecular flexibility index (Phi) is 5.33. The van der Waals surface area contributed by atoms with E-state index in [2.05, 4.69) is 21.2 Å². The summed E-state index contributed by atoms with van der Waals surface area (Å²) in [5, 5.41) is 3.34. The van der Waals surface area contributed by atoms with Gasteiger partial charge in [-0.05, 0) is 39.7 Å². The predicted octanol–water partition coefficient (Wildman–Crippen LogP) is 3.67. The van der Waals surface area contributed by atoms with Crippen molar-refractivity contribution in [3.8, 4) is 0 Å². The summed E-state index contributed by atoms with van der Waals surface area (Å²) in [6, 6.07) is 12.5. The third-order valence-electron chi connectivity index (χ3n) is 2.87. The van der Waals surface area contributed by atoms with Crippen molar-refractivity contribution in [2.24, 2.45) is 5.73 Å². The van der Waals surface area contributed by atoms with Crippen LogP contribution in [-0.2, 0) is 6.54 Å². The van der Waals surface area contributed by atoms with Crippen LogP contribution >= 0.6 is 39.7 Å². The largest absolute Gasteiger partial charge is 0.389 e. The van der Waals surface area contributed by atoms with Crippen molar-refractivity contribution in [2.75, 3.05) is 0 Å². The lowest BCUT2D eigenvalue weighted by Crippen LogP contribution is -2.22. The molecule has 2 rings (SSSR count). The van der Waals surface area contributed by atoms with Gasteiger partial charge in [0.15, 0.2) is 0 Å². The van der Waals surface area contributed by atoms with E-state index in [1.165, 1.54) is 0 Å². The number of halogens is 2. The van der Waals surface area contributed by atoms with Crippen LogP contribution in [0.25, 0.3) is 0 Å². The van der Waals surface area contributed by atoms with Gasteiger partial charge in [0.1, 0.15) is 4.99 Å². The van der Waals surface area contributed by atoms with Crippen molar-refractivity contribution in [3.05, 3.63) is 68.7 Å². The Hall–Kier alpha value is -1.43. The number of carbonyl (C=O) groups is 1. The zero-order chi connectivity index (χ0) is 15.4. The smallest absolute Gasteiger partial charge is 0.251 e. The van der Waals surface area contributed by atoms with E-state index in [0.717, 1.165) is 15.6 Å². The Morgan fingerprint density at radius 2 is 1.81 bits per heavy atom. The van der Waals surface area contributed by atoms with Crippen LogP contribution in [-0.4, -0.2) is 10.9 Å². The first-order chi connectivity index (χ1) is 9.97. The van der Waals surface area contributed by atoms with Crippen molar-refractivity contribution in [1.29, 1.82) is 0 Å². The lowest BCUT2D eigenvalue weighted by Gasteiger charge is -2.07. The highest BCUT2D eigenvalue weighted by molar-refractivity contribution is 9.10. The summed E-state index contributed by atoms with van der Waals surface area (Å²) in [7, 11) is 0. The lowest BCUT2D eigenvalue weighted by atomic mass is 10.1. The van der Waals surface area contributed by atoms with Gasteiger partial charge < -0.3 is 11.1 Å². The molecule has 2 aromatic rings. The highest BCUT2D eigenvalue weighted by Crippen LogP contribution is 2.23. The minimum absolute atomic E-state index is 0.178. The molecule has 0 aliphatic rings. The van der Waals surface area contributed by atoms with Gasteiger partial charge in [-0.3, -0.25) is 4.79 Å². The van der Waals surface area contributed by atoms with Crippen molar-refractivity contribution >= 4 is 50.6 Å². The summed E-state index contributed by atoms with van der Waals surface area (Å²) < 4.78 is 0.758. The summed E-state index contributed by atoms with van der Waals surface area (Å²) in [4.78, 5) is 12.4. The minimum Gasteiger partial charge on any atom is -0.389 e. The highest BCUT2D eigenvalue weighted by atomic mass is 79.9. The number of nitrogens with one attached hydrogen (secondary N) is 1. The van der Waals surface area contributed by atoms with Gasteiger partial charge in [0.2, 0.25) is 0 Å². The molecule has 0 aliphatic carbocycles. The predicted molar refractivity (Wildman–Crippen MR) is 92.7 cm³/mol. The fourth-order valence-corrected chi connectivity index (χ4v) is 2.27. The fraction of sp³-hybridized carbons (Fsp3) is 0.0667. The van der Waals surface area contributed by atoms with Crippen LogP contribution in [0, 0.1) is 0 Å². The average molecular weight is 384 g/mol. The molecule has 0 saturated heterocycles. The molecule has 0 unspecified atom stereocenters. The molecule has 3 nitrogen and oxygen atoms in total. The molecule has 108 valence electrons. The Bertz CT molecular complexity index is 689. The molecular weight excluding hydrogens is 372 g/mol. The summed E-state index contributed by atoms with van der Waals surface area (Å²) >= 11 is 14.1. The Labute approximate surface area is 141 Å². The Morgan fingerprint density at radius 3 is 2.38 bits per heavy atom. The summed E-state index contributed by atoms with van der Waals surface area (Å²) in [5.41, 5.74) is 7.82. The second-order valence-electron chi connectivity index (χ2n) is 4.37. The van der Waals surface area contributed by atoms with E-state index in [-0.39, 0.29) is 5.91 Å². The molecule has 1 amide bonds. The van der Waals surface area contributed by atoms with Crippen LogP contribution in [0.2, 0.25) is 5.02 Å². The molecule has 0 spiro atoms. The van der Waals surface area contributed by atoms with Crippen LogP contribution in [0.5, 0.6) is 0 Å². The Balaban J connectivity index is 2.00. The molecule has 0 bridgehead atoms. The fourth-order valence-electron chi connectivity index (χ4n) is 1.71. The molecule has 0 fully saturated rings. The number of amides is 1. The first-order valence-electron chi connectivity index (χ1n) is 6.09. The van der Waals surface area contributed by atoms with Crippen molar-refractivity contribution in [1.82, 2.24) is 5.32 Å². The highest BCUT2D eigenvalue weighted by Gasteiger charge is 2.07. The Morgan fingerprint density at radius 1 is 1.19 bits per heavy atom. The van der Waals surface area contributed by atoms with Gasteiger partial charge in [-0.15, -0.1) is 0 Å². The zero-order valence-electron chi connectivity index (χ0n) is 10.9. The monoisotopic (exact) mass is 382 g/mol. The summed E-state index contributed by atoms with van der Waals surface area (Å²) in [6.45, 7) is 0.421. The number of benzene rings is 2. The number of carbonyl (C=O) groups excluding carboxylic acids is 1. The second-order valence-corrected chi connectivity index (χ2v) is 6.07. The molecule has 0 radical (unpaired) electrons. The van der Waals surface area contributed by atoms with Crippen LogP contribution in [0.1, 0.15) is 21.5 Å². The van der Waals surface area contributed by atoms with E-state index in [9.17, 15) is 4.79 Å². The maximum absolute atomic E-state index is 12.0. The van der Waals surface area contributed by atoms with Gasteiger partial charge in [0, 0.05) is 22.1 Å². The molecule has 0 heterocycles. The van der Waals surface area contributed by atoms with Gasteiger partial charge in [-0.1, -0.05) is 48.1 Å². The van der Waals surface area contributed by atoms with Gasteiger partial charge in [-0.2, -0.15) is 0 Å². The number of hydrogen-bond acceptors (Lipinski definition) is 2. The molecule has 21 heavy (non-hydrogen) atoms. The maximum Gasteiger partial charge on any atom is 0.251 e. The quantitative estimate of drug-likeness (QED) is 0.792. The number of nitrogens with two attached hydrogens (primary N) is 1. The molecule has 0 saturated carbocycles. The van der Waals surface area contributed by atoms with Crippen molar-refractivity contribution in [3.63, 3.8) is 0 Å². The topological polar surface area (TPSA) is 55.1 Å². The molecule has 6 heteroatoms. The molecule has 0 aliphatic heterocycles. The standard InChI is InChI=1S/C15H12BrClN2OS/c16-12-6-5-11(7-13(12)17)15(20)19-8-9-1-3-10(4-2-9)14(18)21/h1-7H,8H2,(H2,18,21)(H,19,20). The van der Waals surface area contributed by atoms with E-state index in [4.69, 9.17) is 29.6 Å². The molecule has 0 atom stereocenters. The number of rotatable bonds is 4. The summed E-state index contributed by atoms with van der Waals surface area (Å²) in [5.74, 6) is -0.178. The summed E-state index contributed by atoms with van der Waals surface area (Å²) in [6.07, 6.45) is 0. The molecule has 3 N–H and O–H groups in total. The van der Waals surface area contributed by atoms with Crippen molar-refractivity contribution < 1.29 is 4.79 Å². The minimum atomic E-state index is -0.178. The molecule has 2 aromatic carbocycles. The first-order valence-corrected chi connectivity index (χ1v) is 7.67. The molecule has 0 aromatic heterocycles. The maximum atomic E-state index is 12.0. The van der Waals surface area contributed by atoms with E-state index >= 15 is 0 Å². The second kappa shape index (κ2) is 7.02. The van der Waals surface area contributed by atoms with Crippen LogP contribution < -0.4 is 11.1 Å².